The van der Waals surface area contributed by atoms with Gasteiger partial charge in [-0.3, -0.25) is 16.5 Å². The summed E-state index contributed by atoms with van der Waals surface area (Å²) in [5.74, 6) is 0.668. The fourth-order valence-electron chi connectivity index (χ4n) is 3.74. The zero-order valence-corrected chi connectivity index (χ0v) is 38.6. The summed E-state index contributed by atoms with van der Waals surface area (Å²) in [6, 6.07) is 6.87. The molecule has 1 atom stereocenters. The molecule has 1 aliphatic heterocycles. The van der Waals surface area contributed by atoms with E-state index < -0.39 is 22.2 Å². The van der Waals surface area contributed by atoms with E-state index in [1.807, 2.05) is 64.6 Å². The van der Waals surface area contributed by atoms with E-state index in [1.165, 1.54) is 28.2 Å². The molecule has 2 aromatic heterocycles. The molecule has 1 aliphatic rings. The van der Waals surface area contributed by atoms with Gasteiger partial charge in [0.25, 0.3) is 0 Å². The first-order valence-corrected chi connectivity index (χ1v) is 24.9. The molecular weight excluding hydrogens is 741 g/mol. The van der Waals surface area contributed by atoms with Gasteiger partial charge in [-0.2, -0.15) is 21.8 Å². The summed E-state index contributed by atoms with van der Waals surface area (Å²) in [7, 11) is -3.08. The molecule has 1 saturated heterocycles. The molecule has 13 heteroatoms. The number of thiophene rings is 2. The summed E-state index contributed by atoms with van der Waals surface area (Å²) < 4.78 is 18.0. The molecule has 3 heterocycles. The van der Waals surface area contributed by atoms with E-state index in [-0.39, 0.29) is 51.6 Å². The third kappa shape index (κ3) is 25.9. The minimum absolute atomic E-state index is 0. The Kier molecular flexibility index (Phi) is 27.9. The zero-order chi connectivity index (χ0) is 34.9. The molecule has 1 unspecified atom stereocenters. The summed E-state index contributed by atoms with van der Waals surface area (Å²) in [4.78, 5) is 0. The van der Waals surface area contributed by atoms with E-state index in [2.05, 4.69) is 76.0 Å². The monoisotopic (exact) mass is 805 g/mol. The van der Waals surface area contributed by atoms with Gasteiger partial charge in [0.1, 0.15) is 6.61 Å². The van der Waals surface area contributed by atoms with Crippen molar-refractivity contribution < 1.29 is 45.7 Å². The second-order valence-electron chi connectivity index (χ2n) is 15.3. The number of nitrogens with zero attached hydrogens (tertiary/aromatic N) is 2. The molecule has 47 heavy (non-hydrogen) atoms. The van der Waals surface area contributed by atoms with Crippen LogP contribution >= 0.6 is 22.7 Å². The Labute approximate surface area is 325 Å². The van der Waals surface area contributed by atoms with Crippen LogP contribution in [0.25, 0.3) is 0 Å². The van der Waals surface area contributed by atoms with Crippen molar-refractivity contribution in [3.63, 3.8) is 0 Å². The molecule has 0 saturated carbocycles. The molecule has 7 nitrogen and oxygen atoms in total. The fraction of sp³-hybridized carbons (Fsp3) is 0.735. The van der Waals surface area contributed by atoms with E-state index in [9.17, 15) is 10.4 Å². The maximum atomic E-state index is 10.7. The fourth-order valence-corrected chi connectivity index (χ4v) is 6.39. The molecule has 3 rings (SSSR count). The number of ether oxygens (including phenoxy) is 1. The summed E-state index contributed by atoms with van der Waals surface area (Å²) in [6.45, 7) is 32.5. The molecule has 0 spiro atoms. The smallest absolute Gasteiger partial charge is 1.00 e. The van der Waals surface area contributed by atoms with Crippen LogP contribution in [-0.4, -0.2) is 104 Å². The molecule has 2 aromatic rings. The molecule has 270 valence electrons. The van der Waals surface area contributed by atoms with Gasteiger partial charge in [0.15, 0.2) is 22.8 Å². The normalized spacial score (nSPS) is 14.6. The van der Waals surface area contributed by atoms with Crippen LogP contribution in [0.1, 0.15) is 79.8 Å². The predicted octanol–water partition coefficient (Wildman–Crippen LogP) is 6.48. The Morgan fingerprint density at radius 1 is 0.957 bits per heavy atom. The van der Waals surface area contributed by atoms with E-state index >= 15 is 0 Å². The molecule has 1 fully saturated rings. The maximum Gasteiger partial charge on any atom is 2.00 e. The van der Waals surface area contributed by atoms with Gasteiger partial charge in [-0.15, -0.1) is 5.38 Å². The Morgan fingerprint density at radius 2 is 1.49 bits per heavy atom. The third-order valence-electron chi connectivity index (χ3n) is 6.38. The van der Waals surface area contributed by atoms with E-state index in [4.69, 9.17) is 13.6 Å². The van der Waals surface area contributed by atoms with Crippen LogP contribution < -0.4 is 17.0 Å². The summed E-state index contributed by atoms with van der Waals surface area (Å²) in [5.41, 5.74) is 0.412. The Morgan fingerprint density at radius 3 is 1.81 bits per heavy atom. The van der Waals surface area contributed by atoms with Crippen molar-refractivity contribution in [3.05, 3.63) is 45.3 Å². The van der Waals surface area contributed by atoms with E-state index in [1.54, 1.807) is 22.7 Å². The van der Waals surface area contributed by atoms with Crippen LogP contribution in [0.5, 0.6) is 0 Å². The van der Waals surface area contributed by atoms with Gasteiger partial charge in [-0.25, -0.2) is 12.1 Å². The Bertz CT molecular complexity index is 1000. The van der Waals surface area contributed by atoms with Crippen molar-refractivity contribution in [1.29, 1.82) is 0 Å². The third-order valence-corrected chi connectivity index (χ3v) is 9.67. The molecule has 0 amide bonds. The minimum atomic E-state index is -1.58. The van der Waals surface area contributed by atoms with Crippen LogP contribution in [0.15, 0.2) is 33.7 Å². The number of hydrogen-bond acceptors (Lipinski definition) is 8. The summed E-state index contributed by atoms with van der Waals surface area (Å²) >= 11 is 3.33. The van der Waals surface area contributed by atoms with Gasteiger partial charge in [0.05, 0.1) is 18.2 Å². The molecule has 2 N–H and O–H groups in total. The van der Waals surface area contributed by atoms with Gasteiger partial charge in [0, 0.05) is 33.0 Å². The maximum absolute atomic E-state index is 10.7. The SMILES string of the molecule is C1CCOC1.CC(C)/C=[N+](/O)C(C)(C)CO[Si](C)(C)C.CC(C)C(c1ccsc1)N(O)C(C)(C)CO[Si](C)(C)C.[Br-].[Mg+2].[c-]1ccsc1. The van der Waals surface area contributed by atoms with Gasteiger partial charge in [-0.1, -0.05) is 27.7 Å². The quantitative estimate of drug-likeness (QED) is 0.0640. The van der Waals surface area contributed by atoms with Gasteiger partial charge >= 0.3 is 23.1 Å². The van der Waals surface area contributed by atoms with Crippen molar-refractivity contribution in [2.24, 2.45) is 11.8 Å². The minimum Gasteiger partial charge on any atom is -1.00 e. The largest absolute Gasteiger partial charge is 2.00 e. The zero-order valence-electron chi connectivity index (χ0n) is 31.9. The predicted molar refractivity (Wildman–Crippen MR) is 204 cm³/mol. The van der Waals surface area contributed by atoms with Crippen LogP contribution in [0, 0.1) is 17.9 Å². The molecular formula is C34H66BrMgN2O5S2Si2+. The van der Waals surface area contributed by atoms with Crippen molar-refractivity contribution in [2.45, 2.75) is 125 Å². The van der Waals surface area contributed by atoms with Crippen LogP contribution in [0.4, 0.5) is 0 Å². The molecule has 0 aliphatic carbocycles. The van der Waals surface area contributed by atoms with Gasteiger partial charge in [0.2, 0.25) is 5.54 Å². The second kappa shape index (κ2) is 25.3. The van der Waals surface area contributed by atoms with Crippen molar-refractivity contribution in [1.82, 2.24) is 5.06 Å². The molecule has 0 radical (unpaired) electrons. The summed E-state index contributed by atoms with van der Waals surface area (Å²) in [5, 5.41) is 30.2. The number of hydroxylamine groups is 3. The van der Waals surface area contributed by atoms with Crippen LogP contribution in [0.2, 0.25) is 39.3 Å². The number of hydrogen-bond donors (Lipinski definition) is 2. The standard InChI is InChI=1S/C15H29NO2SSi.C11H26NO2Si.C4H8O.C4H3S.BrH.Mg/c1-12(2)14(13-8-9-19-10-13)16(17)15(3,4)11-18-20(5,6)7;1-10(2)8-12(13)11(3,4)9-14-15(5,6)7;2*1-2-4-5-3-1;;/h8-10,12,14,17H,11H2,1-7H3;8,10,13H,9H2,1-7H3;1-4H2;1,3-4H;1H;/q;+1;;-1;;+2/p-1/b;12-8+;;;;. The van der Waals surface area contributed by atoms with Gasteiger partial charge < -0.3 is 35.8 Å². The topological polar surface area (TPSA) is 74.4 Å². The molecule has 0 bridgehead atoms. The van der Waals surface area contributed by atoms with E-state index in [0.29, 0.717) is 25.0 Å². The first-order chi connectivity index (χ1) is 20.6. The number of halogens is 1. The second-order valence-corrected chi connectivity index (χ2v) is 25.9. The molecule has 0 aromatic carbocycles. The van der Waals surface area contributed by atoms with Gasteiger partial charge in [-0.05, 0) is 99.0 Å². The number of rotatable bonds is 12. The average molecular weight is 807 g/mol. The summed E-state index contributed by atoms with van der Waals surface area (Å²) in [6.07, 6.45) is 4.37. The van der Waals surface area contributed by atoms with Crippen molar-refractivity contribution >= 4 is 68.6 Å². The Hall–Kier alpha value is 0.350. The first kappa shape index (κ1) is 51.7. The van der Waals surface area contributed by atoms with Crippen LogP contribution in [0.3, 0.4) is 0 Å². The van der Waals surface area contributed by atoms with Crippen molar-refractivity contribution in [2.75, 3.05) is 26.4 Å². The van der Waals surface area contributed by atoms with Crippen LogP contribution in [-0.2, 0) is 13.6 Å². The van der Waals surface area contributed by atoms with Crippen molar-refractivity contribution in [3.8, 4) is 0 Å². The average Bonchev–Trinajstić information content (AvgIpc) is 3.71. The first-order valence-electron chi connectivity index (χ1n) is 16.2. The Balaban J connectivity index is -0.000000623. The van der Waals surface area contributed by atoms with E-state index in [0.717, 1.165) is 13.2 Å².